The number of rotatable bonds is 5. The van der Waals surface area contributed by atoms with Gasteiger partial charge in [-0.15, -0.1) is 0 Å². The molecular formula is C29H21F3N8O2. The van der Waals surface area contributed by atoms with Crippen molar-refractivity contribution in [1.29, 1.82) is 0 Å². The first-order valence-corrected chi connectivity index (χ1v) is 13.0. The fourth-order valence-electron chi connectivity index (χ4n) is 4.95. The van der Waals surface area contributed by atoms with Crippen molar-refractivity contribution in [1.82, 2.24) is 29.0 Å². The lowest BCUT2D eigenvalue weighted by Gasteiger charge is -2.28. The average molecular weight is 571 g/mol. The second kappa shape index (κ2) is 10.3. The van der Waals surface area contributed by atoms with E-state index in [2.05, 4.69) is 20.2 Å². The van der Waals surface area contributed by atoms with E-state index in [0.717, 1.165) is 30.9 Å². The predicted molar refractivity (Wildman–Crippen MR) is 148 cm³/mol. The van der Waals surface area contributed by atoms with Crippen LogP contribution in [0.4, 0.5) is 24.7 Å². The molecule has 0 radical (unpaired) electrons. The summed E-state index contributed by atoms with van der Waals surface area (Å²) in [6.07, 6.45) is 3.49. The number of amides is 1. The third-order valence-corrected chi connectivity index (χ3v) is 6.93. The van der Waals surface area contributed by atoms with Gasteiger partial charge in [-0.3, -0.25) is 9.20 Å². The first-order chi connectivity index (χ1) is 20.4. The number of benzene rings is 1. The Hall–Kier alpha value is -5.30. The van der Waals surface area contributed by atoms with Gasteiger partial charge in [0.25, 0.3) is 5.91 Å². The molecule has 1 saturated heterocycles. The van der Waals surface area contributed by atoms with E-state index in [1.807, 2.05) is 22.7 Å². The third kappa shape index (κ3) is 4.79. The zero-order valence-corrected chi connectivity index (χ0v) is 21.8. The van der Waals surface area contributed by atoms with Gasteiger partial charge in [0.2, 0.25) is 11.9 Å². The molecule has 1 amide bonds. The Morgan fingerprint density at radius 3 is 2.33 bits per heavy atom. The van der Waals surface area contributed by atoms with Crippen LogP contribution in [0, 0.1) is 17.7 Å². The van der Waals surface area contributed by atoms with Crippen molar-refractivity contribution in [2.45, 2.75) is 0 Å². The molecule has 1 fully saturated rings. The SMILES string of the molecule is O=C(Nc1cn2nc(-c3c(-c4ccc(F)cc4)nc4ccc(N5CCOCC5)cn34)ccc2n1)c1cc(F)nc(F)c1. The van der Waals surface area contributed by atoms with Crippen molar-refractivity contribution in [3.05, 3.63) is 96.3 Å². The van der Waals surface area contributed by atoms with E-state index in [9.17, 15) is 18.0 Å². The number of ether oxygens (including phenoxy) is 1. The summed E-state index contributed by atoms with van der Waals surface area (Å²) in [6.45, 7) is 2.79. The molecule has 42 heavy (non-hydrogen) atoms. The number of carbonyl (C=O) groups is 1. The van der Waals surface area contributed by atoms with Crippen molar-refractivity contribution >= 4 is 28.7 Å². The van der Waals surface area contributed by atoms with Gasteiger partial charge in [0.1, 0.15) is 22.9 Å². The lowest BCUT2D eigenvalue weighted by Crippen LogP contribution is -2.36. The number of pyridine rings is 2. The molecule has 0 spiro atoms. The lowest BCUT2D eigenvalue weighted by molar-refractivity contribution is 0.102. The van der Waals surface area contributed by atoms with Crippen molar-refractivity contribution in [3.8, 4) is 22.6 Å². The second-order valence-electron chi connectivity index (χ2n) is 9.63. The fraction of sp³-hybridized carbons (Fsp3) is 0.138. The zero-order chi connectivity index (χ0) is 28.8. The quantitative estimate of drug-likeness (QED) is 0.302. The van der Waals surface area contributed by atoms with Crippen molar-refractivity contribution in [3.63, 3.8) is 0 Å². The smallest absolute Gasteiger partial charge is 0.257 e. The maximum absolute atomic E-state index is 13.8. The largest absolute Gasteiger partial charge is 0.378 e. The molecule has 7 rings (SSSR count). The third-order valence-electron chi connectivity index (χ3n) is 6.93. The summed E-state index contributed by atoms with van der Waals surface area (Å²) in [5, 5.41) is 7.28. The Morgan fingerprint density at radius 1 is 0.833 bits per heavy atom. The average Bonchev–Trinajstić information content (AvgIpc) is 3.57. The van der Waals surface area contributed by atoms with Crippen molar-refractivity contribution in [2.24, 2.45) is 0 Å². The van der Waals surface area contributed by atoms with Gasteiger partial charge in [-0.2, -0.15) is 18.9 Å². The second-order valence-corrected chi connectivity index (χ2v) is 9.63. The van der Waals surface area contributed by atoms with Gasteiger partial charge in [0.15, 0.2) is 11.5 Å². The summed E-state index contributed by atoms with van der Waals surface area (Å²) >= 11 is 0. The Bertz CT molecular complexity index is 1950. The molecule has 1 aliphatic rings. The van der Waals surface area contributed by atoms with Gasteiger partial charge in [-0.25, -0.2) is 18.9 Å². The first-order valence-electron chi connectivity index (χ1n) is 13.0. The number of halogens is 3. The molecule has 6 heterocycles. The molecule has 0 aliphatic carbocycles. The van der Waals surface area contributed by atoms with Crippen LogP contribution in [0.25, 0.3) is 33.9 Å². The van der Waals surface area contributed by atoms with Crippen molar-refractivity contribution in [2.75, 3.05) is 36.5 Å². The minimum atomic E-state index is -1.11. The van der Waals surface area contributed by atoms with E-state index in [1.165, 1.54) is 22.8 Å². The summed E-state index contributed by atoms with van der Waals surface area (Å²) < 4.78 is 49.7. The maximum Gasteiger partial charge on any atom is 0.257 e. The van der Waals surface area contributed by atoms with Crippen LogP contribution in [-0.2, 0) is 4.74 Å². The molecule has 210 valence electrons. The molecule has 0 saturated carbocycles. The number of aromatic nitrogens is 6. The number of imidazole rings is 2. The van der Waals surface area contributed by atoms with E-state index in [4.69, 9.17) is 14.8 Å². The number of fused-ring (bicyclic) bond motifs is 2. The van der Waals surface area contributed by atoms with Crippen LogP contribution in [0.15, 0.2) is 73.1 Å². The topological polar surface area (TPSA) is 102 Å². The fourth-order valence-corrected chi connectivity index (χ4v) is 4.95. The van der Waals surface area contributed by atoms with Crippen LogP contribution in [0.3, 0.4) is 0 Å². The number of hydrogen-bond donors (Lipinski definition) is 1. The zero-order valence-electron chi connectivity index (χ0n) is 21.8. The molecule has 1 aliphatic heterocycles. The van der Waals surface area contributed by atoms with Gasteiger partial charge in [-0.1, -0.05) is 0 Å². The van der Waals surface area contributed by atoms with Crippen LogP contribution < -0.4 is 10.2 Å². The highest BCUT2D eigenvalue weighted by Gasteiger charge is 2.21. The van der Waals surface area contributed by atoms with Crippen LogP contribution in [-0.4, -0.2) is 61.2 Å². The van der Waals surface area contributed by atoms with E-state index in [1.54, 1.807) is 24.3 Å². The standard InChI is InChI=1S/C29H21F3N8O2/c30-19-3-1-17(2-4-19)27-28(39-15-20(5-7-25(39)36-27)38-9-11-42-12-10-38)21-6-8-26-34-24(16-40(26)37-21)35-29(41)18-13-22(31)33-23(32)14-18/h1-8,13-16H,9-12H2,(H,35,41). The van der Waals surface area contributed by atoms with E-state index in [-0.39, 0.29) is 17.2 Å². The monoisotopic (exact) mass is 570 g/mol. The first kappa shape index (κ1) is 25.7. The summed E-state index contributed by atoms with van der Waals surface area (Å²) in [7, 11) is 0. The van der Waals surface area contributed by atoms with Gasteiger partial charge < -0.3 is 15.0 Å². The Labute approximate surface area is 236 Å². The van der Waals surface area contributed by atoms with Gasteiger partial charge in [0.05, 0.1) is 30.8 Å². The Balaban J connectivity index is 1.31. The number of carbonyl (C=O) groups excluding carboxylic acids is 1. The Kier molecular flexibility index (Phi) is 6.27. The molecule has 1 N–H and O–H groups in total. The van der Waals surface area contributed by atoms with Crippen LogP contribution >= 0.6 is 0 Å². The number of morpholine rings is 1. The molecule has 13 heteroatoms. The van der Waals surface area contributed by atoms with Crippen LogP contribution in [0.5, 0.6) is 0 Å². The number of hydrogen-bond acceptors (Lipinski definition) is 7. The predicted octanol–water partition coefficient (Wildman–Crippen LogP) is 4.61. The number of nitrogens with zero attached hydrogens (tertiary/aromatic N) is 7. The highest BCUT2D eigenvalue weighted by Crippen LogP contribution is 2.33. The maximum atomic E-state index is 13.8. The van der Waals surface area contributed by atoms with Crippen molar-refractivity contribution < 1.29 is 22.7 Å². The van der Waals surface area contributed by atoms with E-state index < -0.39 is 17.8 Å². The van der Waals surface area contributed by atoms with Gasteiger partial charge in [-0.05, 0) is 48.5 Å². The summed E-state index contributed by atoms with van der Waals surface area (Å²) in [4.78, 5) is 27.0. The number of nitrogens with one attached hydrogen (secondary N) is 1. The molecule has 10 nitrogen and oxygen atoms in total. The summed E-state index contributed by atoms with van der Waals surface area (Å²) in [5.41, 5.74) is 4.39. The number of anilines is 2. The molecule has 5 aromatic heterocycles. The Morgan fingerprint density at radius 2 is 1.57 bits per heavy atom. The minimum Gasteiger partial charge on any atom is -0.378 e. The lowest BCUT2D eigenvalue weighted by atomic mass is 10.1. The molecule has 0 bridgehead atoms. The molecule has 6 aromatic rings. The molecule has 0 atom stereocenters. The normalized spacial score (nSPS) is 13.6. The highest BCUT2D eigenvalue weighted by atomic mass is 19.1. The van der Waals surface area contributed by atoms with Gasteiger partial charge in [0, 0.05) is 42.5 Å². The molecular weight excluding hydrogens is 549 g/mol. The minimum absolute atomic E-state index is 0.133. The van der Waals surface area contributed by atoms with E-state index in [0.29, 0.717) is 47.2 Å². The van der Waals surface area contributed by atoms with E-state index >= 15 is 0 Å². The van der Waals surface area contributed by atoms with Crippen LogP contribution in [0.2, 0.25) is 0 Å². The summed E-state index contributed by atoms with van der Waals surface area (Å²) in [6, 6.07) is 15.2. The van der Waals surface area contributed by atoms with Gasteiger partial charge >= 0.3 is 0 Å². The summed E-state index contributed by atoms with van der Waals surface area (Å²) in [5.74, 6) is -3.20. The molecule has 1 aromatic carbocycles. The van der Waals surface area contributed by atoms with Crippen LogP contribution in [0.1, 0.15) is 10.4 Å². The molecule has 0 unspecified atom stereocenters. The highest BCUT2D eigenvalue weighted by molar-refractivity contribution is 6.03.